The van der Waals surface area contributed by atoms with Crippen LogP contribution < -0.4 is 4.74 Å². The first-order valence-corrected chi connectivity index (χ1v) is 7.38. The van der Waals surface area contributed by atoms with E-state index in [-0.39, 0.29) is 0 Å². The minimum atomic E-state index is -0.690. The van der Waals surface area contributed by atoms with E-state index in [0.29, 0.717) is 12.4 Å². The molecule has 1 heterocycles. The maximum Gasteiger partial charge on any atom is 0.513 e. The largest absolute Gasteiger partial charge is 0.513 e. The number of carbonyl (C=O) groups excluding carboxylic acids is 1. The fourth-order valence-corrected chi connectivity index (χ4v) is 2.88. The number of aromatic nitrogens is 1. The molecule has 0 amide bonds. The van der Waals surface area contributed by atoms with E-state index >= 15 is 0 Å². The molecule has 4 nitrogen and oxygen atoms in total. The van der Waals surface area contributed by atoms with Crippen LogP contribution in [0.25, 0.3) is 20.8 Å². The van der Waals surface area contributed by atoms with Crippen LogP contribution in [-0.2, 0) is 4.74 Å². The lowest BCUT2D eigenvalue weighted by Crippen LogP contribution is -2.09. The van der Waals surface area contributed by atoms with Crippen molar-refractivity contribution in [2.75, 3.05) is 6.61 Å². The van der Waals surface area contributed by atoms with E-state index in [1.54, 1.807) is 30.4 Å². The van der Waals surface area contributed by atoms with Crippen LogP contribution in [0, 0.1) is 0 Å². The van der Waals surface area contributed by atoms with E-state index in [9.17, 15) is 4.79 Å². The zero-order valence-corrected chi connectivity index (χ0v) is 12.2. The Morgan fingerprint density at radius 1 is 1.14 bits per heavy atom. The number of rotatable bonds is 3. The van der Waals surface area contributed by atoms with Crippen LogP contribution in [-0.4, -0.2) is 17.7 Å². The third kappa shape index (κ3) is 3.03. The van der Waals surface area contributed by atoms with Gasteiger partial charge in [0.05, 0.1) is 16.8 Å². The summed E-state index contributed by atoms with van der Waals surface area (Å²) in [5.41, 5.74) is 1.98. The Labute approximate surface area is 126 Å². The van der Waals surface area contributed by atoms with Crippen LogP contribution in [0.3, 0.4) is 0 Å². The standard InChI is InChI=1S/C16H13NO3S/c1-2-19-16(18)20-12-9-7-11(8-10-12)15-17-13-5-3-4-6-14(13)21-15/h3-10H,2H2,1H3. The summed E-state index contributed by atoms with van der Waals surface area (Å²) in [5, 5.41) is 0.943. The van der Waals surface area contributed by atoms with Crippen molar-refractivity contribution in [3.05, 3.63) is 48.5 Å². The number of ether oxygens (including phenoxy) is 2. The monoisotopic (exact) mass is 299 g/mol. The average molecular weight is 299 g/mol. The van der Waals surface area contributed by atoms with Gasteiger partial charge < -0.3 is 9.47 Å². The second kappa shape index (κ2) is 5.93. The molecule has 0 saturated heterocycles. The third-order valence-electron chi connectivity index (χ3n) is 2.86. The Morgan fingerprint density at radius 2 is 1.90 bits per heavy atom. The van der Waals surface area contributed by atoms with E-state index in [4.69, 9.17) is 9.47 Å². The molecule has 21 heavy (non-hydrogen) atoms. The lowest BCUT2D eigenvalue weighted by atomic mass is 10.2. The smallest absolute Gasteiger partial charge is 0.434 e. The first kappa shape index (κ1) is 13.6. The van der Waals surface area contributed by atoms with Crippen molar-refractivity contribution < 1.29 is 14.3 Å². The number of fused-ring (bicyclic) bond motifs is 1. The van der Waals surface area contributed by atoms with E-state index < -0.39 is 6.16 Å². The van der Waals surface area contributed by atoms with E-state index in [1.165, 1.54) is 0 Å². The zero-order valence-electron chi connectivity index (χ0n) is 11.4. The van der Waals surface area contributed by atoms with Crippen molar-refractivity contribution in [3.8, 4) is 16.3 Å². The van der Waals surface area contributed by atoms with Crippen molar-refractivity contribution in [1.29, 1.82) is 0 Å². The van der Waals surface area contributed by atoms with Crippen LogP contribution in [0.15, 0.2) is 48.5 Å². The second-order valence-electron chi connectivity index (χ2n) is 4.30. The molecule has 5 heteroatoms. The van der Waals surface area contributed by atoms with E-state index in [1.807, 2.05) is 30.3 Å². The normalized spacial score (nSPS) is 10.5. The van der Waals surface area contributed by atoms with Gasteiger partial charge in [0.2, 0.25) is 0 Å². The van der Waals surface area contributed by atoms with Gasteiger partial charge >= 0.3 is 6.16 Å². The Kier molecular flexibility index (Phi) is 3.83. The van der Waals surface area contributed by atoms with Gasteiger partial charge in [-0.15, -0.1) is 11.3 Å². The maximum absolute atomic E-state index is 11.2. The van der Waals surface area contributed by atoms with Gasteiger partial charge in [-0.1, -0.05) is 12.1 Å². The van der Waals surface area contributed by atoms with E-state index in [0.717, 1.165) is 20.8 Å². The van der Waals surface area contributed by atoms with Crippen molar-refractivity contribution in [3.63, 3.8) is 0 Å². The highest BCUT2D eigenvalue weighted by Gasteiger charge is 2.08. The highest BCUT2D eigenvalue weighted by atomic mass is 32.1. The molecular formula is C16H13NO3S. The molecule has 0 saturated carbocycles. The van der Waals surface area contributed by atoms with Crippen molar-refractivity contribution in [2.24, 2.45) is 0 Å². The van der Waals surface area contributed by atoms with Crippen LogP contribution in [0.2, 0.25) is 0 Å². The minimum absolute atomic E-state index is 0.294. The second-order valence-corrected chi connectivity index (χ2v) is 5.33. The highest BCUT2D eigenvalue weighted by molar-refractivity contribution is 7.21. The molecule has 3 aromatic rings. The van der Waals surface area contributed by atoms with Gasteiger partial charge in [0.25, 0.3) is 0 Å². The molecule has 106 valence electrons. The first-order valence-electron chi connectivity index (χ1n) is 6.57. The fourth-order valence-electron chi connectivity index (χ4n) is 1.90. The van der Waals surface area contributed by atoms with Crippen LogP contribution >= 0.6 is 11.3 Å². The summed E-state index contributed by atoms with van der Waals surface area (Å²) in [6.07, 6.45) is -0.690. The van der Waals surface area contributed by atoms with Gasteiger partial charge in [-0.05, 0) is 43.3 Å². The third-order valence-corrected chi connectivity index (χ3v) is 3.94. The number of thiazole rings is 1. The van der Waals surface area contributed by atoms with Gasteiger partial charge in [0, 0.05) is 5.56 Å². The number of hydrogen-bond donors (Lipinski definition) is 0. The molecule has 0 aliphatic rings. The predicted octanol–water partition coefficient (Wildman–Crippen LogP) is 4.50. The molecule has 0 atom stereocenters. The number of nitrogens with zero attached hydrogens (tertiary/aromatic N) is 1. The van der Waals surface area contributed by atoms with E-state index in [2.05, 4.69) is 11.1 Å². The molecule has 0 radical (unpaired) electrons. The minimum Gasteiger partial charge on any atom is -0.434 e. The summed E-state index contributed by atoms with van der Waals surface area (Å²) in [6, 6.07) is 15.3. The summed E-state index contributed by atoms with van der Waals surface area (Å²) in [4.78, 5) is 15.8. The Balaban J connectivity index is 1.81. The highest BCUT2D eigenvalue weighted by Crippen LogP contribution is 2.30. The summed E-state index contributed by atoms with van der Waals surface area (Å²) in [7, 11) is 0. The van der Waals surface area contributed by atoms with Crippen molar-refractivity contribution in [1.82, 2.24) is 4.98 Å². The lowest BCUT2D eigenvalue weighted by Gasteiger charge is -2.04. The molecule has 1 aromatic heterocycles. The molecule has 0 aliphatic carbocycles. The molecule has 0 N–H and O–H groups in total. The van der Waals surface area contributed by atoms with Gasteiger partial charge in [0.15, 0.2) is 0 Å². The Morgan fingerprint density at radius 3 is 2.62 bits per heavy atom. The molecule has 0 fully saturated rings. The topological polar surface area (TPSA) is 48.4 Å². The van der Waals surface area contributed by atoms with Crippen LogP contribution in [0.5, 0.6) is 5.75 Å². The molecule has 0 aliphatic heterocycles. The molecule has 0 bridgehead atoms. The zero-order chi connectivity index (χ0) is 14.7. The van der Waals surface area contributed by atoms with Crippen molar-refractivity contribution in [2.45, 2.75) is 6.92 Å². The maximum atomic E-state index is 11.2. The Bertz CT molecular complexity index is 732. The predicted molar refractivity (Wildman–Crippen MR) is 82.7 cm³/mol. The average Bonchev–Trinajstić information content (AvgIpc) is 2.92. The molecule has 0 spiro atoms. The molecule has 2 aromatic carbocycles. The number of hydrogen-bond acceptors (Lipinski definition) is 5. The summed E-state index contributed by atoms with van der Waals surface area (Å²) >= 11 is 1.63. The molecular weight excluding hydrogens is 286 g/mol. The number of benzene rings is 2. The molecule has 3 rings (SSSR count). The molecule has 0 unspecified atom stereocenters. The van der Waals surface area contributed by atoms with Gasteiger partial charge in [-0.3, -0.25) is 0 Å². The SMILES string of the molecule is CCOC(=O)Oc1ccc(-c2nc3ccccc3s2)cc1. The van der Waals surface area contributed by atoms with Crippen LogP contribution in [0.1, 0.15) is 6.92 Å². The quantitative estimate of drug-likeness (QED) is 0.528. The number of para-hydroxylation sites is 1. The van der Waals surface area contributed by atoms with Crippen LogP contribution in [0.4, 0.5) is 4.79 Å². The fraction of sp³-hybridized carbons (Fsp3) is 0.125. The van der Waals surface area contributed by atoms with Gasteiger partial charge in [0.1, 0.15) is 10.8 Å². The lowest BCUT2D eigenvalue weighted by molar-refractivity contribution is 0.104. The summed E-state index contributed by atoms with van der Waals surface area (Å²) < 4.78 is 10.9. The Hall–Kier alpha value is -2.40. The number of carbonyl (C=O) groups is 1. The van der Waals surface area contributed by atoms with Gasteiger partial charge in [-0.25, -0.2) is 9.78 Å². The summed E-state index contributed by atoms with van der Waals surface area (Å²) in [6.45, 7) is 2.03. The first-order chi connectivity index (χ1) is 10.3. The van der Waals surface area contributed by atoms with Crippen molar-refractivity contribution >= 4 is 27.7 Å². The van der Waals surface area contributed by atoms with Gasteiger partial charge in [-0.2, -0.15) is 0 Å². The summed E-state index contributed by atoms with van der Waals surface area (Å²) in [5.74, 6) is 0.457.